The van der Waals surface area contributed by atoms with Gasteiger partial charge in [0.1, 0.15) is 5.75 Å². The van der Waals surface area contributed by atoms with Crippen molar-refractivity contribution in [1.29, 1.82) is 0 Å². The lowest BCUT2D eigenvalue weighted by atomic mass is 10.3. The molecule has 0 amide bonds. The molecule has 1 aromatic rings. The van der Waals surface area contributed by atoms with E-state index >= 15 is 0 Å². The quantitative estimate of drug-likeness (QED) is 0.571. The van der Waals surface area contributed by atoms with Gasteiger partial charge in [-0.05, 0) is 25.1 Å². The first-order chi connectivity index (χ1) is 8.26. The fourth-order valence-electron chi connectivity index (χ4n) is 1.47. The van der Waals surface area contributed by atoms with Crippen LogP contribution in [0, 0.1) is 0 Å². The third-order valence-corrected chi connectivity index (χ3v) is 3.32. The van der Waals surface area contributed by atoms with Gasteiger partial charge < -0.3 is 14.8 Å². The zero-order valence-corrected chi connectivity index (χ0v) is 11.5. The fraction of sp³-hybridized carbons (Fsp3) is 0.538. The van der Waals surface area contributed by atoms with Crippen LogP contribution in [0.2, 0.25) is 0 Å². The minimum absolute atomic E-state index is 0.408. The Labute approximate surface area is 108 Å². The summed E-state index contributed by atoms with van der Waals surface area (Å²) < 4.78 is 10.2. The summed E-state index contributed by atoms with van der Waals surface area (Å²) in [4.78, 5) is 1.24. The Bertz CT molecular complexity index is 320. The first-order valence-electron chi connectivity index (χ1n) is 5.75. The molecule has 96 valence electrons. The largest absolute Gasteiger partial charge is 0.497 e. The number of hydrogen-bond donors (Lipinski definition) is 1. The van der Waals surface area contributed by atoms with Crippen molar-refractivity contribution in [2.75, 3.05) is 33.1 Å². The summed E-state index contributed by atoms with van der Waals surface area (Å²) in [5, 5.41) is 3.41. The van der Waals surface area contributed by atoms with Crippen LogP contribution in [0.15, 0.2) is 29.2 Å². The normalized spacial score (nSPS) is 12.4. The van der Waals surface area contributed by atoms with Crippen molar-refractivity contribution in [3.63, 3.8) is 0 Å². The van der Waals surface area contributed by atoms with Crippen LogP contribution >= 0.6 is 11.8 Å². The SMILES string of the molecule is COCC(C)NCCSc1cccc(OC)c1. The van der Waals surface area contributed by atoms with Gasteiger partial charge >= 0.3 is 0 Å². The molecule has 0 aliphatic carbocycles. The van der Waals surface area contributed by atoms with Gasteiger partial charge in [0.15, 0.2) is 0 Å². The molecule has 1 rings (SSSR count). The van der Waals surface area contributed by atoms with E-state index < -0.39 is 0 Å². The van der Waals surface area contributed by atoms with Crippen LogP contribution in [-0.4, -0.2) is 39.2 Å². The van der Waals surface area contributed by atoms with Crippen molar-refractivity contribution in [2.45, 2.75) is 17.9 Å². The summed E-state index contributed by atoms with van der Waals surface area (Å²) in [5.74, 6) is 1.96. The molecule has 0 saturated carbocycles. The second-order valence-corrected chi connectivity index (χ2v) is 5.01. The number of thioether (sulfide) groups is 1. The average molecular weight is 255 g/mol. The van der Waals surface area contributed by atoms with Crippen LogP contribution < -0.4 is 10.1 Å². The van der Waals surface area contributed by atoms with Gasteiger partial charge in [-0.2, -0.15) is 0 Å². The summed E-state index contributed by atoms with van der Waals surface area (Å²) in [6.07, 6.45) is 0. The monoisotopic (exact) mass is 255 g/mol. The average Bonchev–Trinajstić information content (AvgIpc) is 2.35. The molecule has 0 radical (unpaired) electrons. The maximum absolute atomic E-state index is 5.19. The van der Waals surface area contributed by atoms with Crippen LogP contribution in [0.3, 0.4) is 0 Å². The molecule has 0 heterocycles. The Morgan fingerprint density at radius 1 is 1.35 bits per heavy atom. The van der Waals surface area contributed by atoms with Crippen molar-refractivity contribution in [2.24, 2.45) is 0 Å². The van der Waals surface area contributed by atoms with Crippen LogP contribution in [0.5, 0.6) is 5.75 Å². The molecule has 0 aliphatic rings. The predicted molar refractivity (Wildman–Crippen MR) is 73.1 cm³/mol. The Hall–Kier alpha value is -0.710. The standard InChI is InChI=1S/C13H21NO2S/c1-11(10-15-2)14-7-8-17-13-6-4-5-12(9-13)16-3/h4-6,9,11,14H,7-8,10H2,1-3H3. The van der Waals surface area contributed by atoms with Crippen molar-refractivity contribution in [1.82, 2.24) is 5.32 Å². The maximum Gasteiger partial charge on any atom is 0.119 e. The smallest absolute Gasteiger partial charge is 0.119 e. The van der Waals surface area contributed by atoms with E-state index in [0.29, 0.717) is 6.04 Å². The molecular weight excluding hydrogens is 234 g/mol. The third kappa shape index (κ3) is 5.96. The van der Waals surface area contributed by atoms with Crippen molar-refractivity contribution in [3.8, 4) is 5.75 Å². The van der Waals surface area contributed by atoms with Gasteiger partial charge in [0, 0.05) is 30.3 Å². The highest BCUT2D eigenvalue weighted by molar-refractivity contribution is 7.99. The number of benzene rings is 1. The van der Waals surface area contributed by atoms with Crippen LogP contribution in [0.25, 0.3) is 0 Å². The van der Waals surface area contributed by atoms with Gasteiger partial charge in [-0.25, -0.2) is 0 Å². The number of ether oxygens (including phenoxy) is 2. The number of hydrogen-bond acceptors (Lipinski definition) is 4. The van der Waals surface area contributed by atoms with E-state index in [1.54, 1.807) is 14.2 Å². The molecule has 17 heavy (non-hydrogen) atoms. The highest BCUT2D eigenvalue weighted by Crippen LogP contribution is 2.22. The Morgan fingerprint density at radius 3 is 2.88 bits per heavy atom. The van der Waals surface area contributed by atoms with Crippen molar-refractivity contribution >= 4 is 11.8 Å². The number of rotatable bonds is 8. The van der Waals surface area contributed by atoms with Gasteiger partial charge in [-0.3, -0.25) is 0 Å². The van der Waals surface area contributed by atoms with Crippen LogP contribution in [0.1, 0.15) is 6.92 Å². The molecule has 3 nitrogen and oxygen atoms in total. The van der Waals surface area contributed by atoms with Gasteiger partial charge in [0.25, 0.3) is 0 Å². The first kappa shape index (κ1) is 14.4. The van der Waals surface area contributed by atoms with E-state index in [1.807, 2.05) is 23.9 Å². The number of methoxy groups -OCH3 is 2. The van der Waals surface area contributed by atoms with Crippen molar-refractivity contribution in [3.05, 3.63) is 24.3 Å². The molecule has 0 saturated heterocycles. The molecule has 0 fully saturated rings. The van der Waals surface area contributed by atoms with E-state index in [-0.39, 0.29) is 0 Å². The van der Waals surface area contributed by atoms with Crippen LogP contribution in [0.4, 0.5) is 0 Å². The minimum Gasteiger partial charge on any atom is -0.497 e. The molecule has 1 atom stereocenters. The summed E-state index contributed by atoms with van der Waals surface area (Å²) in [6, 6.07) is 8.55. The van der Waals surface area contributed by atoms with Gasteiger partial charge in [0.2, 0.25) is 0 Å². The summed E-state index contributed by atoms with van der Waals surface area (Å²) >= 11 is 1.83. The second kappa shape index (κ2) is 8.39. The second-order valence-electron chi connectivity index (χ2n) is 3.84. The van der Waals surface area contributed by atoms with E-state index in [4.69, 9.17) is 9.47 Å². The third-order valence-electron chi connectivity index (χ3n) is 2.32. The molecule has 1 aromatic carbocycles. The number of nitrogens with one attached hydrogen (secondary N) is 1. The molecule has 0 aliphatic heterocycles. The molecular formula is C13H21NO2S. The topological polar surface area (TPSA) is 30.5 Å². The van der Waals surface area contributed by atoms with Crippen molar-refractivity contribution < 1.29 is 9.47 Å². The maximum atomic E-state index is 5.19. The molecule has 1 unspecified atom stereocenters. The highest BCUT2D eigenvalue weighted by atomic mass is 32.2. The van der Waals surface area contributed by atoms with E-state index in [2.05, 4.69) is 24.4 Å². The van der Waals surface area contributed by atoms with E-state index in [0.717, 1.165) is 24.7 Å². The van der Waals surface area contributed by atoms with Gasteiger partial charge in [-0.15, -0.1) is 11.8 Å². The Kier molecular flexibility index (Phi) is 7.08. The molecule has 0 bridgehead atoms. The lowest BCUT2D eigenvalue weighted by molar-refractivity contribution is 0.173. The lowest BCUT2D eigenvalue weighted by Crippen LogP contribution is -2.31. The van der Waals surface area contributed by atoms with Gasteiger partial charge in [0.05, 0.1) is 13.7 Å². The molecule has 1 N–H and O–H groups in total. The minimum atomic E-state index is 0.408. The van der Waals surface area contributed by atoms with Gasteiger partial charge in [-0.1, -0.05) is 6.07 Å². The van der Waals surface area contributed by atoms with Crippen LogP contribution in [-0.2, 0) is 4.74 Å². The summed E-state index contributed by atoms with van der Waals surface area (Å²) in [6.45, 7) is 3.86. The molecule has 0 aromatic heterocycles. The lowest BCUT2D eigenvalue weighted by Gasteiger charge is -2.12. The predicted octanol–water partition coefficient (Wildman–Crippen LogP) is 2.41. The fourth-order valence-corrected chi connectivity index (χ4v) is 2.30. The Balaban J connectivity index is 2.21. The first-order valence-corrected chi connectivity index (χ1v) is 6.74. The zero-order chi connectivity index (χ0) is 12.5. The van der Waals surface area contributed by atoms with E-state index in [9.17, 15) is 0 Å². The summed E-state index contributed by atoms with van der Waals surface area (Å²) in [7, 11) is 3.42. The summed E-state index contributed by atoms with van der Waals surface area (Å²) in [5.41, 5.74) is 0. The Morgan fingerprint density at radius 2 is 2.18 bits per heavy atom. The molecule has 4 heteroatoms. The molecule has 0 spiro atoms. The zero-order valence-electron chi connectivity index (χ0n) is 10.7. The highest BCUT2D eigenvalue weighted by Gasteiger charge is 2.00. The van der Waals surface area contributed by atoms with E-state index in [1.165, 1.54) is 4.90 Å².